The van der Waals surface area contributed by atoms with Gasteiger partial charge in [-0.25, -0.2) is 10.0 Å². The second kappa shape index (κ2) is 3.65. The highest BCUT2D eigenvalue weighted by molar-refractivity contribution is 5.74. The van der Waals surface area contributed by atoms with Gasteiger partial charge in [0.2, 0.25) is 0 Å². The molecule has 17 heavy (non-hydrogen) atoms. The van der Waals surface area contributed by atoms with E-state index in [4.69, 9.17) is 4.74 Å². The standard InChI is InChI=1S/C11H18N4O2/c16-11(9-5-14-3-7(9)1-12-14)17-10-6-15-4-8(10)2-13-15/h7-10,12-13H,1-6H2. The number of hydrazine groups is 2. The molecule has 0 saturated carbocycles. The maximum atomic E-state index is 12.2. The van der Waals surface area contributed by atoms with Crippen molar-refractivity contribution in [3.8, 4) is 0 Å². The highest BCUT2D eigenvalue weighted by Gasteiger charge is 2.46. The number of nitrogens with zero attached hydrogens (tertiary/aromatic N) is 2. The first-order chi connectivity index (χ1) is 8.29. The average Bonchev–Trinajstić information content (AvgIpc) is 3.08. The van der Waals surface area contributed by atoms with E-state index < -0.39 is 0 Å². The molecule has 4 bridgehead atoms. The van der Waals surface area contributed by atoms with Crippen molar-refractivity contribution in [3.63, 3.8) is 0 Å². The van der Waals surface area contributed by atoms with Crippen LogP contribution >= 0.6 is 0 Å². The number of fused-ring (bicyclic) bond motifs is 4. The summed E-state index contributed by atoms with van der Waals surface area (Å²) in [6, 6.07) is 0. The number of hydrogen-bond acceptors (Lipinski definition) is 6. The van der Waals surface area contributed by atoms with E-state index in [0.29, 0.717) is 11.8 Å². The van der Waals surface area contributed by atoms with Crippen molar-refractivity contribution in [1.29, 1.82) is 0 Å². The van der Waals surface area contributed by atoms with Gasteiger partial charge in [0.05, 0.1) is 12.5 Å². The number of rotatable bonds is 2. The number of esters is 1. The number of hydrogen-bond donors (Lipinski definition) is 2. The summed E-state index contributed by atoms with van der Waals surface area (Å²) in [6.45, 7) is 5.60. The molecule has 6 unspecified atom stereocenters. The molecule has 4 aliphatic rings. The van der Waals surface area contributed by atoms with Crippen LogP contribution in [-0.2, 0) is 9.53 Å². The molecule has 0 amide bonds. The predicted molar refractivity (Wildman–Crippen MR) is 59.5 cm³/mol. The Hall–Kier alpha value is -0.690. The van der Waals surface area contributed by atoms with Crippen molar-refractivity contribution >= 4 is 5.97 Å². The first-order valence-corrected chi connectivity index (χ1v) is 6.47. The zero-order chi connectivity index (χ0) is 11.4. The third-order valence-electron chi connectivity index (χ3n) is 4.55. The Labute approximate surface area is 100 Å². The van der Waals surface area contributed by atoms with Gasteiger partial charge in [-0.05, 0) is 0 Å². The summed E-state index contributed by atoms with van der Waals surface area (Å²) < 4.78 is 5.71. The summed E-state index contributed by atoms with van der Waals surface area (Å²) in [5, 5.41) is 4.30. The minimum absolute atomic E-state index is 0.0257. The van der Waals surface area contributed by atoms with Crippen LogP contribution in [0, 0.1) is 17.8 Å². The van der Waals surface area contributed by atoms with E-state index in [1.165, 1.54) is 0 Å². The van der Waals surface area contributed by atoms with Crippen LogP contribution in [0.3, 0.4) is 0 Å². The number of carbonyl (C=O) groups is 1. The summed E-state index contributed by atoms with van der Waals surface area (Å²) in [7, 11) is 0. The van der Waals surface area contributed by atoms with Gasteiger partial charge in [-0.1, -0.05) is 0 Å². The van der Waals surface area contributed by atoms with E-state index in [9.17, 15) is 4.79 Å². The molecule has 0 aliphatic carbocycles. The molecule has 6 nitrogen and oxygen atoms in total. The number of nitrogens with one attached hydrogen (secondary N) is 2. The van der Waals surface area contributed by atoms with Gasteiger partial charge in [-0.3, -0.25) is 15.6 Å². The molecular weight excluding hydrogens is 220 g/mol. The van der Waals surface area contributed by atoms with Crippen molar-refractivity contribution in [3.05, 3.63) is 0 Å². The second-order valence-electron chi connectivity index (χ2n) is 5.64. The van der Waals surface area contributed by atoms with Crippen LogP contribution in [0.1, 0.15) is 0 Å². The monoisotopic (exact) mass is 238 g/mol. The molecule has 4 fully saturated rings. The molecule has 0 aromatic heterocycles. The van der Waals surface area contributed by atoms with E-state index in [0.717, 1.165) is 39.3 Å². The van der Waals surface area contributed by atoms with E-state index >= 15 is 0 Å². The highest BCUT2D eigenvalue weighted by atomic mass is 16.5. The zero-order valence-electron chi connectivity index (χ0n) is 9.76. The van der Waals surface area contributed by atoms with Crippen molar-refractivity contribution in [2.24, 2.45) is 17.8 Å². The largest absolute Gasteiger partial charge is 0.460 e. The van der Waals surface area contributed by atoms with Crippen molar-refractivity contribution in [1.82, 2.24) is 20.9 Å². The fourth-order valence-corrected chi connectivity index (χ4v) is 3.50. The van der Waals surface area contributed by atoms with Crippen LogP contribution in [0.15, 0.2) is 0 Å². The van der Waals surface area contributed by atoms with Gasteiger partial charge in [0.15, 0.2) is 0 Å². The lowest BCUT2D eigenvalue weighted by Crippen LogP contribution is -2.44. The molecule has 4 aliphatic heterocycles. The molecule has 4 saturated heterocycles. The molecule has 94 valence electrons. The Balaban J connectivity index is 1.38. The fourth-order valence-electron chi connectivity index (χ4n) is 3.50. The summed E-state index contributed by atoms with van der Waals surface area (Å²) in [5.41, 5.74) is 6.55. The summed E-state index contributed by atoms with van der Waals surface area (Å²) in [5.74, 6) is 1.08. The SMILES string of the molecule is O=C(OC1CN2CC1CN2)C1CN2CC1CN2. The fraction of sp³-hybridized carbons (Fsp3) is 0.909. The number of carbonyl (C=O) groups excluding carboxylic acids is 1. The molecule has 0 aromatic rings. The first kappa shape index (κ1) is 10.3. The van der Waals surface area contributed by atoms with Gasteiger partial charge >= 0.3 is 5.97 Å². The Bertz CT molecular complexity index is 350. The van der Waals surface area contributed by atoms with Gasteiger partial charge in [0.25, 0.3) is 0 Å². The van der Waals surface area contributed by atoms with E-state index in [2.05, 4.69) is 20.9 Å². The Morgan fingerprint density at radius 3 is 2.24 bits per heavy atom. The second-order valence-corrected chi connectivity index (χ2v) is 5.64. The van der Waals surface area contributed by atoms with Gasteiger partial charge < -0.3 is 4.74 Å². The number of ether oxygens (including phenoxy) is 1. The Morgan fingerprint density at radius 2 is 1.71 bits per heavy atom. The van der Waals surface area contributed by atoms with Crippen molar-refractivity contribution in [2.75, 3.05) is 39.3 Å². The molecule has 6 atom stereocenters. The third-order valence-corrected chi connectivity index (χ3v) is 4.55. The van der Waals surface area contributed by atoms with Crippen molar-refractivity contribution in [2.45, 2.75) is 6.10 Å². The molecule has 6 heteroatoms. The molecule has 4 rings (SSSR count). The minimum atomic E-state index is 0.0257. The predicted octanol–water partition coefficient (Wildman–Crippen LogP) is -1.59. The normalized spacial score (nSPS) is 51.1. The lowest BCUT2D eigenvalue weighted by Gasteiger charge is -2.27. The molecule has 4 heterocycles. The average molecular weight is 238 g/mol. The van der Waals surface area contributed by atoms with Gasteiger partial charge in [0, 0.05) is 44.6 Å². The molecule has 0 spiro atoms. The Morgan fingerprint density at radius 1 is 1.00 bits per heavy atom. The molecule has 0 aromatic carbocycles. The zero-order valence-corrected chi connectivity index (χ0v) is 9.76. The van der Waals surface area contributed by atoms with Gasteiger partial charge in [0.1, 0.15) is 6.10 Å². The van der Waals surface area contributed by atoms with Crippen LogP contribution in [0.2, 0.25) is 0 Å². The van der Waals surface area contributed by atoms with Gasteiger partial charge in [-0.15, -0.1) is 0 Å². The maximum Gasteiger partial charge on any atom is 0.311 e. The first-order valence-electron chi connectivity index (χ1n) is 6.47. The van der Waals surface area contributed by atoms with Crippen molar-refractivity contribution < 1.29 is 9.53 Å². The summed E-state index contributed by atoms with van der Waals surface area (Å²) in [6.07, 6.45) is 0.117. The lowest BCUT2D eigenvalue weighted by molar-refractivity contribution is -0.157. The van der Waals surface area contributed by atoms with Crippen LogP contribution in [-0.4, -0.2) is 61.4 Å². The van der Waals surface area contributed by atoms with Crippen LogP contribution in [0.5, 0.6) is 0 Å². The molecule has 2 N–H and O–H groups in total. The van der Waals surface area contributed by atoms with Gasteiger partial charge in [-0.2, -0.15) is 0 Å². The van der Waals surface area contributed by atoms with Crippen LogP contribution in [0.25, 0.3) is 0 Å². The highest BCUT2D eigenvalue weighted by Crippen LogP contribution is 2.30. The van der Waals surface area contributed by atoms with E-state index in [1.807, 2.05) is 0 Å². The quantitative estimate of drug-likeness (QED) is 0.566. The van der Waals surface area contributed by atoms with Crippen LogP contribution in [0.4, 0.5) is 0 Å². The topological polar surface area (TPSA) is 56.8 Å². The maximum absolute atomic E-state index is 12.2. The third kappa shape index (κ3) is 1.59. The summed E-state index contributed by atoms with van der Waals surface area (Å²) >= 11 is 0. The molecular formula is C11H18N4O2. The molecule has 0 radical (unpaired) electrons. The van der Waals surface area contributed by atoms with Crippen LogP contribution < -0.4 is 10.9 Å². The van der Waals surface area contributed by atoms with E-state index in [-0.39, 0.29) is 18.0 Å². The minimum Gasteiger partial charge on any atom is -0.460 e. The Kier molecular flexibility index (Phi) is 2.20. The smallest absolute Gasteiger partial charge is 0.311 e. The summed E-state index contributed by atoms with van der Waals surface area (Å²) in [4.78, 5) is 12.2. The van der Waals surface area contributed by atoms with E-state index in [1.54, 1.807) is 0 Å². The lowest BCUT2D eigenvalue weighted by atomic mass is 9.96.